The van der Waals surface area contributed by atoms with E-state index < -0.39 is 0 Å². The Labute approximate surface area is 106 Å². The van der Waals surface area contributed by atoms with E-state index in [1.54, 1.807) is 4.88 Å². The molecule has 1 aliphatic rings. The lowest BCUT2D eigenvalue weighted by Crippen LogP contribution is -2.21. The molecular formula is C15H17NS. The number of nitrogens with one attached hydrogen (secondary N) is 1. The van der Waals surface area contributed by atoms with Gasteiger partial charge in [0.05, 0.1) is 0 Å². The zero-order chi connectivity index (χ0) is 11.8. The van der Waals surface area contributed by atoms with Crippen molar-refractivity contribution in [2.45, 2.75) is 26.8 Å². The minimum Gasteiger partial charge on any atom is -0.312 e. The third-order valence-corrected chi connectivity index (χ3v) is 4.82. The maximum absolute atomic E-state index is 3.43. The topological polar surface area (TPSA) is 12.0 Å². The molecule has 0 saturated carbocycles. The SMILES string of the molecule is Cc1ccc(-c2cc3c(s2)CCNC3)cc1C. The fraction of sp³-hybridized carbons (Fsp3) is 0.333. The molecule has 2 heterocycles. The molecule has 0 amide bonds. The first kappa shape index (κ1) is 11.0. The van der Waals surface area contributed by atoms with E-state index in [1.165, 1.54) is 33.6 Å². The summed E-state index contributed by atoms with van der Waals surface area (Å²) in [7, 11) is 0. The molecule has 2 heteroatoms. The van der Waals surface area contributed by atoms with E-state index in [2.05, 4.69) is 43.4 Å². The van der Waals surface area contributed by atoms with Gasteiger partial charge >= 0.3 is 0 Å². The minimum atomic E-state index is 1.04. The Morgan fingerprint density at radius 2 is 2.00 bits per heavy atom. The summed E-state index contributed by atoms with van der Waals surface area (Å²) in [6, 6.07) is 9.13. The number of fused-ring (bicyclic) bond motifs is 1. The van der Waals surface area contributed by atoms with Gasteiger partial charge in [0.15, 0.2) is 0 Å². The quantitative estimate of drug-likeness (QED) is 0.805. The van der Waals surface area contributed by atoms with Crippen molar-refractivity contribution in [2.75, 3.05) is 6.54 Å². The van der Waals surface area contributed by atoms with Crippen molar-refractivity contribution in [1.29, 1.82) is 0 Å². The Hall–Kier alpha value is -1.12. The molecule has 2 aromatic rings. The summed E-state index contributed by atoms with van der Waals surface area (Å²) in [6.45, 7) is 6.52. The number of benzene rings is 1. The summed E-state index contributed by atoms with van der Waals surface area (Å²) in [4.78, 5) is 2.98. The standard InChI is InChI=1S/C15H17NS/c1-10-3-4-12(7-11(10)2)15-8-13-9-16-6-5-14(13)17-15/h3-4,7-8,16H,5-6,9H2,1-2H3. The van der Waals surface area contributed by atoms with Crippen molar-refractivity contribution in [2.24, 2.45) is 0 Å². The van der Waals surface area contributed by atoms with Gasteiger partial charge in [-0.25, -0.2) is 0 Å². The molecular weight excluding hydrogens is 226 g/mol. The third kappa shape index (κ3) is 2.03. The first-order chi connectivity index (χ1) is 8.24. The highest BCUT2D eigenvalue weighted by atomic mass is 32.1. The van der Waals surface area contributed by atoms with Crippen LogP contribution < -0.4 is 5.32 Å². The summed E-state index contributed by atoms with van der Waals surface area (Å²) >= 11 is 1.96. The van der Waals surface area contributed by atoms with Crippen molar-refractivity contribution in [3.63, 3.8) is 0 Å². The zero-order valence-electron chi connectivity index (χ0n) is 10.3. The Kier molecular flexibility index (Phi) is 2.77. The first-order valence-electron chi connectivity index (χ1n) is 6.14. The van der Waals surface area contributed by atoms with Gasteiger partial charge in [0, 0.05) is 22.8 Å². The van der Waals surface area contributed by atoms with E-state index in [1.807, 2.05) is 11.3 Å². The number of hydrogen-bond donors (Lipinski definition) is 1. The largest absolute Gasteiger partial charge is 0.312 e. The molecule has 1 nitrogen and oxygen atoms in total. The molecule has 0 bridgehead atoms. The highest BCUT2D eigenvalue weighted by molar-refractivity contribution is 7.15. The van der Waals surface area contributed by atoms with E-state index >= 15 is 0 Å². The van der Waals surface area contributed by atoms with Crippen LogP contribution in [0.4, 0.5) is 0 Å². The van der Waals surface area contributed by atoms with Gasteiger partial charge in [0.25, 0.3) is 0 Å². The zero-order valence-corrected chi connectivity index (χ0v) is 11.2. The summed E-state index contributed by atoms with van der Waals surface area (Å²) in [5.41, 5.74) is 5.62. The molecule has 0 atom stereocenters. The fourth-order valence-electron chi connectivity index (χ4n) is 2.29. The maximum Gasteiger partial charge on any atom is 0.0349 e. The first-order valence-corrected chi connectivity index (χ1v) is 6.95. The van der Waals surface area contributed by atoms with Gasteiger partial charge in [-0.2, -0.15) is 0 Å². The molecule has 1 aliphatic heterocycles. The molecule has 0 spiro atoms. The van der Waals surface area contributed by atoms with Crippen LogP contribution in [0, 0.1) is 13.8 Å². The lowest BCUT2D eigenvalue weighted by atomic mass is 10.0. The monoisotopic (exact) mass is 243 g/mol. The van der Waals surface area contributed by atoms with Gasteiger partial charge in [-0.1, -0.05) is 18.2 Å². The van der Waals surface area contributed by atoms with Crippen LogP contribution in [0.25, 0.3) is 10.4 Å². The molecule has 0 aliphatic carbocycles. The smallest absolute Gasteiger partial charge is 0.0349 e. The van der Waals surface area contributed by atoms with Crippen LogP contribution in [0.2, 0.25) is 0 Å². The normalized spacial score (nSPS) is 14.7. The third-order valence-electron chi connectivity index (χ3n) is 3.53. The molecule has 0 fully saturated rings. The van der Waals surface area contributed by atoms with Gasteiger partial charge < -0.3 is 5.32 Å². The van der Waals surface area contributed by atoms with E-state index in [0.29, 0.717) is 0 Å². The van der Waals surface area contributed by atoms with Crippen molar-refractivity contribution < 1.29 is 0 Å². The second-order valence-corrected chi connectivity index (χ2v) is 5.92. The average Bonchev–Trinajstić information content (AvgIpc) is 2.76. The van der Waals surface area contributed by atoms with Gasteiger partial charge in [-0.15, -0.1) is 11.3 Å². The summed E-state index contributed by atoms with van der Waals surface area (Å²) in [5.74, 6) is 0. The molecule has 0 radical (unpaired) electrons. The summed E-state index contributed by atoms with van der Waals surface area (Å²) in [5, 5.41) is 3.43. The predicted molar refractivity (Wildman–Crippen MR) is 74.6 cm³/mol. The van der Waals surface area contributed by atoms with Crippen LogP contribution in [-0.2, 0) is 13.0 Å². The number of rotatable bonds is 1. The van der Waals surface area contributed by atoms with Crippen LogP contribution in [0.1, 0.15) is 21.6 Å². The van der Waals surface area contributed by atoms with Crippen molar-refractivity contribution in [3.8, 4) is 10.4 Å². The highest BCUT2D eigenvalue weighted by Gasteiger charge is 2.13. The van der Waals surface area contributed by atoms with Crippen molar-refractivity contribution in [1.82, 2.24) is 5.32 Å². The molecule has 88 valence electrons. The second kappa shape index (κ2) is 4.28. The lowest BCUT2D eigenvalue weighted by Gasteiger charge is -2.10. The number of hydrogen-bond acceptors (Lipinski definition) is 2. The molecule has 3 rings (SSSR count). The fourth-order valence-corrected chi connectivity index (χ4v) is 3.47. The van der Waals surface area contributed by atoms with Gasteiger partial charge in [-0.3, -0.25) is 0 Å². The van der Waals surface area contributed by atoms with Gasteiger partial charge in [-0.05, 0) is 48.6 Å². The summed E-state index contributed by atoms with van der Waals surface area (Å²) < 4.78 is 0. The Morgan fingerprint density at radius 3 is 2.76 bits per heavy atom. The van der Waals surface area contributed by atoms with Crippen LogP contribution >= 0.6 is 11.3 Å². The van der Waals surface area contributed by atoms with Crippen LogP contribution in [-0.4, -0.2) is 6.54 Å². The van der Waals surface area contributed by atoms with Crippen molar-refractivity contribution in [3.05, 3.63) is 45.8 Å². The van der Waals surface area contributed by atoms with Crippen LogP contribution in [0.5, 0.6) is 0 Å². The molecule has 0 unspecified atom stereocenters. The molecule has 1 aromatic heterocycles. The Balaban J connectivity index is 2.03. The van der Waals surface area contributed by atoms with E-state index in [-0.39, 0.29) is 0 Å². The van der Waals surface area contributed by atoms with E-state index in [9.17, 15) is 0 Å². The second-order valence-electron chi connectivity index (χ2n) is 4.78. The highest BCUT2D eigenvalue weighted by Crippen LogP contribution is 2.33. The van der Waals surface area contributed by atoms with Gasteiger partial charge in [0.2, 0.25) is 0 Å². The van der Waals surface area contributed by atoms with Gasteiger partial charge in [0.1, 0.15) is 0 Å². The molecule has 1 N–H and O–H groups in total. The van der Waals surface area contributed by atoms with Crippen LogP contribution in [0.15, 0.2) is 24.3 Å². The van der Waals surface area contributed by atoms with Crippen molar-refractivity contribution >= 4 is 11.3 Å². The van der Waals surface area contributed by atoms with Crippen LogP contribution in [0.3, 0.4) is 0 Å². The summed E-state index contributed by atoms with van der Waals surface area (Å²) in [6.07, 6.45) is 1.19. The molecule has 17 heavy (non-hydrogen) atoms. The average molecular weight is 243 g/mol. The molecule has 1 aromatic carbocycles. The molecule has 0 saturated heterocycles. The Morgan fingerprint density at radius 1 is 1.12 bits per heavy atom. The maximum atomic E-state index is 3.43. The number of aryl methyl sites for hydroxylation is 2. The predicted octanol–water partition coefficient (Wildman–Crippen LogP) is 3.68. The lowest BCUT2D eigenvalue weighted by molar-refractivity contribution is 0.653. The van der Waals surface area contributed by atoms with E-state index in [0.717, 1.165) is 13.1 Å². The number of thiophene rings is 1. The minimum absolute atomic E-state index is 1.04. The Bertz CT molecular complexity index is 531. The van der Waals surface area contributed by atoms with E-state index in [4.69, 9.17) is 0 Å².